The zero-order valence-electron chi connectivity index (χ0n) is 18.1. The number of thiophene rings is 1. The molecule has 0 saturated carbocycles. The minimum Gasteiger partial charge on any atom is -0.339 e. The molecule has 1 amide bonds. The first-order valence-corrected chi connectivity index (χ1v) is 12.4. The highest BCUT2D eigenvalue weighted by molar-refractivity contribution is 7.14. The highest BCUT2D eigenvalue weighted by Crippen LogP contribution is 2.38. The van der Waals surface area contributed by atoms with Crippen LogP contribution in [0, 0.1) is 0 Å². The van der Waals surface area contributed by atoms with Crippen LogP contribution in [-0.2, 0) is 6.54 Å². The van der Waals surface area contributed by atoms with Gasteiger partial charge < -0.3 is 9.47 Å². The SMILES string of the molecule is CCCn1cnc2c(-c3cc(-c4ccc(C(=O)N5CCCCC5)cc4Cl)cs3)ccnc21. The van der Waals surface area contributed by atoms with Gasteiger partial charge in [0.15, 0.2) is 5.65 Å². The standard InChI is InChI=1S/C25H25ClN4OS/c1-2-10-30-16-28-23-20(8-9-27-24(23)30)22-14-18(15-32-22)19-7-6-17(13-21(19)26)25(31)29-11-4-3-5-12-29/h6-9,13-16H,2-5,10-12H2,1H3. The van der Waals surface area contributed by atoms with Crippen LogP contribution in [0.15, 0.2) is 48.2 Å². The van der Waals surface area contributed by atoms with E-state index in [4.69, 9.17) is 11.6 Å². The molecule has 3 aromatic heterocycles. The summed E-state index contributed by atoms with van der Waals surface area (Å²) in [5.74, 6) is 0.0750. The van der Waals surface area contributed by atoms with E-state index in [9.17, 15) is 4.79 Å². The Labute approximate surface area is 196 Å². The van der Waals surface area contributed by atoms with Crippen molar-refractivity contribution in [1.82, 2.24) is 19.4 Å². The number of likely N-dealkylation sites (tertiary alicyclic amines) is 1. The van der Waals surface area contributed by atoms with Crippen LogP contribution in [-0.4, -0.2) is 38.4 Å². The van der Waals surface area contributed by atoms with Gasteiger partial charge in [-0.05, 0) is 60.9 Å². The molecule has 1 fully saturated rings. The number of hydrogen-bond donors (Lipinski definition) is 0. The number of hydrogen-bond acceptors (Lipinski definition) is 4. The van der Waals surface area contributed by atoms with Crippen molar-refractivity contribution in [3.63, 3.8) is 0 Å². The Morgan fingerprint density at radius 1 is 1.09 bits per heavy atom. The van der Waals surface area contributed by atoms with E-state index < -0.39 is 0 Å². The van der Waals surface area contributed by atoms with Gasteiger partial charge in [0.05, 0.1) is 6.33 Å². The van der Waals surface area contributed by atoms with Crippen LogP contribution in [0.4, 0.5) is 0 Å². The zero-order valence-corrected chi connectivity index (χ0v) is 19.6. The van der Waals surface area contributed by atoms with Crippen LogP contribution in [0.5, 0.6) is 0 Å². The molecule has 0 atom stereocenters. The van der Waals surface area contributed by atoms with Crippen molar-refractivity contribution in [1.29, 1.82) is 0 Å². The van der Waals surface area contributed by atoms with E-state index in [1.165, 1.54) is 6.42 Å². The van der Waals surface area contributed by atoms with Gasteiger partial charge >= 0.3 is 0 Å². The van der Waals surface area contributed by atoms with Crippen molar-refractivity contribution in [3.8, 4) is 21.6 Å². The maximum Gasteiger partial charge on any atom is 0.253 e. The number of carbonyl (C=O) groups is 1. The van der Waals surface area contributed by atoms with Crippen LogP contribution in [0.2, 0.25) is 5.02 Å². The van der Waals surface area contributed by atoms with Gasteiger partial charge in [-0.3, -0.25) is 4.79 Å². The fourth-order valence-corrected chi connectivity index (χ4v) is 5.57. The fourth-order valence-electron chi connectivity index (χ4n) is 4.35. The summed E-state index contributed by atoms with van der Waals surface area (Å²) in [5.41, 5.74) is 5.56. The maximum atomic E-state index is 12.8. The number of carbonyl (C=O) groups excluding carboxylic acids is 1. The molecule has 164 valence electrons. The molecule has 0 aliphatic carbocycles. The molecule has 0 N–H and O–H groups in total. The molecule has 4 heterocycles. The molecule has 0 spiro atoms. The average Bonchev–Trinajstić information content (AvgIpc) is 3.47. The molecule has 5 nitrogen and oxygen atoms in total. The lowest BCUT2D eigenvalue weighted by Crippen LogP contribution is -2.35. The van der Waals surface area contributed by atoms with Crippen LogP contribution < -0.4 is 0 Å². The van der Waals surface area contributed by atoms with E-state index in [-0.39, 0.29) is 5.91 Å². The van der Waals surface area contributed by atoms with Gasteiger partial charge in [-0.25, -0.2) is 9.97 Å². The monoisotopic (exact) mass is 464 g/mol. The number of piperidine rings is 1. The first-order valence-electron chi connectivity index (χ1n) is 11.1. The highest BCUT2D eigenvalue weighted by Gasteiger charge is 2.20. The zero-order chi connectivity index (χ0) is 22.1. The Morgan fingerprint density at radius 2 is 1.94 bits per heavy atom. The third-order valence-corrected chi connectivity index (χ3v) is 7.28. The molecule has 1 aliphatic rings. The molecular formula is C25H25ClN4OS. The third kappa shape index (κ3) is 3.93. The number of amides is 1. The molecule has 7 heteroatoms. The molecule has 5 rings (SSSR count). The van der Waals surface area contributed by atoms with Crippen molar-refractivity contribution in [2.75, 3.05) is 13.1 Å². The number of pyridine rings is 1. The highest BCUT2D eigenvalue weighted by atomic mass is 35.5. The first-order chi connectivity index (χ1) is 15.7. The van der Waals surface area contributed by atoms with Gasteiger partial charge in [0.1, 0.15) is 5.52 Å². The number of halogens is 1. The number of aryl methyl sites for hydroxylation is 1. The van der Waals surface area contributed by atoms with Crippen molar-refractivity contribution in [2.24, 2.45) is 0 Å². The topological polar surface area (TPSA) is 51.0 Å². The summed E-state index contributed by atoms with van der Waals surface area (Å²) in [6, 6.07) is 9.83. The van der Waals surface area contributed by atoms with E-state index in [0.717, 1.165) is 71.6 Å². The minimum absolute atomic E-state index is 0.0750. The Morgan fingerprint density at radius 3 is 2.72 bits per heavy atom. The Hall–Kier alpha value is -2.70. The molecule has 32 heavy (non-hydrogen) atoms. The third-order valence-electron chi connectivity index (χ3n) is 6.00. The number of nitrogens with zero attached hydrogens (tertiary/aromatic N) is 4. The van der Waals surface area contributed by atoms with Crippen molar-refractivity contribution in [3.05, 3.63) is 58.8 Å². The Balaban J connectivity index is 1.44. The van der Waals surface area contributed by atoms with Gasteiger partial charge in [0, 0.05) is 52.4 Å². The summed E-state index contributed by atoms with van der Waals surface area (Å²) >= 11 is 8.31. The fraction of sp³-hybridized carbons (Fsp3) is 0.320. The van der Waals surface area contributed by atoms with Gasteiger partial charge in [0.2, 0.25) is 0 Å². The lowest BCUT2D eigenvalue weighted by molar-refractivity contribution is 0.0724. The molecule has 1 aliphatic heterocycles. The van der Waals surface area contributed by atoms with Gasteiger partial charge in [-0.15, -0.1) is 11.3 Å². The molecular weight excluding hydrogens is 440 g/mol. The van der Waals surface area contributed by atoms with Gasteiger partial charge in [0.25, 0.3) is 5.91 Å². The molecule has 0 unspecified atom stereocenters. The van der Waals surface area contributed by atoms with Crippen LogP contribution >= 0.6 is 22.9 Å². The predicted octanol–water partition coefficient (Wildman–Crippen LogP) is 6.52. The Kier molecular flexibility index (Phi) is 5.98. The van der Waals surface area contributed by atoms with E-state index in [0.29, 0.717) is 10.6 Å². The van der Waals surface area contributed by atoms with Crippen LogP contribution in [0.1, 0.15) is 43.0 Å². The van der Waals surface area contributed by atoms with Crippen molar-refractivity contribution in [2.45, 2.75) is 39.2 Å². The minimum atomic E-state index is 0.0750. The van der Waals surface area contributed by atoms with E-state index >= 15 is 0 Å². The van der Waals surface area contributed by atoms with E-state index in [1.54, 1.807) is 11.3 Å². The quantitative estimate of drug-likeness (QED) is 0.338. The first kappa shape index (κ1) is 21.2. The molecule has 1 saturated heterocycles. The molecule has 0 radical (unpaired) electrons. The van der Waals surface area contributed by atoms with Crippen molar-refractivity contribution < 1.29 is 4.79 Å². The number of benzene rings is 1. The number of rotatable bonds is 5. The summed E-state index contributed by atoms with van der Waals surface area (Å²) in [6.07, 6.45) is 8.11. The average molecular weight is 465 g/mol. The second-order valence-electron chi connectivity index (χ2n) is 8.22. The predicted molar refractivity (Wildman–Crippen MR) is 131 cm³/mol. The molecule has 1 aromatic carbocycles. The normalized spacial score (nSPS) is 14.2. The summed E-state index contributed by atoms with van der Waals surface area (Å²) in [7, 11) is 0. The molecule has 4 aromatic rings. The van der Waals surface area contributed by atoms with E-state index in [1.807, 2.05) is 41.7 Å². The second kappa shape index (κ2) is 9.04. The maximum absolute atomic E-state index is 12.8. The summed E-state index contributed by atoms with van der Waals surface area (Å²) in [4.78, 5) is 25.0. The van der Waals surface area contributed by atoms with E-state index in [2.05, 4.69) is 32.9 Å². The van der Waals surface area contributed by atoms with Gasteiger partial charge in [-0.1, -0.05) is 24.6 Å². The van der Waals surface area contributed by atoms with Crippen LogP contribution in [0.25, 0.3) is 32.7 Å². The van der Waals surface area contributed by atoms with Crippen molar-refractivity contribution >= 4 is 40.0 Å². The Bertz CT molecular complexity index is 1270. The summed E-state index contributed by atoms with van der Waals surface area (Å²) in [5, 5.41) is 2.71. The lowest BCUT2D eigenvalue weighted by atomic mass is 10.0. The summed E-state index contributed by atoms with van der Waals surface area (Å²) in [6.45, 7) is 4.72. The van der Waals surface area contributed by atoms with Gasteiger partial charge in [-0.2, -0.15) is 0 Å². The second-order valence-corrected chi connectivity index (χ2v) is 9.53. The largest absolute Gasteiger partial charge is 0.339 e. The number of fused-ring (bicyclic) bond motifs is 1. The summed E-state index contributed by atoms with van der Waals surface area (Å²) < 4.78 is 2.10. The van der Waals surface area contributed by atoms with Crippen LogP contribution in [0.3, 0.4) is 0 Å². The lowest BCUT2D eigenvalue weighted by Gasteiger charge is -2.26. The number of imidazole rings is 1. The molecule has 0 bridgehead atoms. The number of aromatic nitrogens is 3. The smallest absolute Gasteiger partial charge is 0.253 e.